The first-order chi connectivity index (χ1) is 13.0. The van der Waals surface area contributed by atoms with E-state index in [1.165, 1.54) is 0 Å². The number of piperazine rings is 1. The van der Waals surface area contributed by atoms with Gasteiger partial charge in [-0.3, -0.25) is 9.59 Å². The van der Waals surface area contributed by atoms with Gasteiger partial charge in [-0.2, -0.15) is 0 Å². The van der Waals surface area contributed by atoms with Crippen LogP contribution in [0.1, 0.15) is 22.8 Å². The van der Waals surface area contributed by atoms with Crippen molar-refractivity contribution in [1.29, 1.82) is 0 Å². The van der Waals surface area contributed by atoms with Gasteiger partial charge in [-0.1, -0.05) is 6.07 Å². The zero-order valence-electron chi connectivity index (χ0n) is 16.1. The van der Waals surface area contributed by atoms with Crippen LogP contribution in [0.2, 0.25) is 0 Å². The summed E-state index contributed by atoms with van der Waals surface area (Å²) in [4.78, 5) is 29.2. The van der Waals surface area contributed by atoms with Crippen molar-refractivity contribution in [2.24, 2.45) is 0 Å². The molecule has 0 bridgehead atoms. The molecule has 0 radical (unpaired) electrons. The predicted octanol–water partition coefficient (Wildman–Crippen LogP) is 2.89. The molecule has 0 aliphatic carbocycles. The van der Waals surface area contributed by atoms with Gasteiger partial charge >= 0.3 is 0 Å². The average Bonchev–Trinajstić information content (AvgIpc) is 2.69. The van der Waals surface area contributed by atoms with Gasteiger partial charge in [0.15, 0.2) is 0 Å². The summed E-state index contributed by atoms with van der Waals surface area (Å²) in [5, 5.41) is 0. The zero-order chi connectivity index (χ0) is 19.6. The number of ether oxygens (including phenoxy) is 2. The molecular formula is C21H24N2O4. The topological polar surface area (TPSA) is 59.1 Å². The Labute approximate surface area is 159 Å². The number of benzene rings is 2. The number of aryl methyl sites for hydroxylation is 1. The van der Waals surface area contributed by atoms with Gasteiger partial charge in [0.1, 0.15) is 17.5 Å². The molecule has 2 amide bonds. The molecule has 142 valence electrons. The number of rotatable bonds is 4. The molecular weight excluding hydrogens is 344 g/mol. The van der Waals surface area contributed by atoms with Gasteiger partial charge in [0.2, 0.25) is 5.91 Å². The maximum Gasteiger partial charge on any atom is 0.254 e. The number of amides is 2. The molecule has 6 nitrogen and oxygen atoms in total. The van der Waals surface area contributed by atoms with Gasteiger partial charge in [-0.25, -0.2) is 0 Å². The van der Waals surface area contributed by atoms with Gasteiger partial charge in [0, 0.05) is 18.7 Å². The average molecular weight is 368 g/mol. The number of anilines is 1. The number of carbonyl (C=O) groups is 2. The predicted molar refractivity (Wildman–Crippen MR) is 104 cm³/mol. The van der Waals surface area contributed by atoms with E-state index >= 15 is 0 Å². The Hall–Kier alpha value is -3.02. The third kappa shape index (κ3) is 3.60. The highest BCUT2D eigenvalue weighted by Gasteiger charge is 2.36. The van der Waals surface area contributed by atoms with Crippen LogP contribution in [-0.4, -0.2) is 50.1 Å². The fourth-order valence-corrected chi connectivity index (χ4v) is 3.30. The second-order valence-corrected chi connectivity index (χ2v) is 6.57. The fourth-order valence-electron chi connectivity index (χ4n) is 3.30. The summed E-state index contributed by atoms with van der Waals surface area (Å²) in [7, 11) is 3.17. The highest BCUT2D eigenvalue weighted by molar-refractivity contribution is 6.04. The molecule has 0 N–H and O–H groups in total. The van der Waals surface area contributed by atoms with E-state index in [9.17, 15) is 9.59 Å². The maximum absolute atomic E-state index is 13.0. The molecule has 1 fully saturated rings. The Morgan fingerprint density at radius 1 is 1.04 bits per heavy atom. The minimum atomic E-state index is -0.557. The van der Waals surface area contributed by atoms with Crippen LogP contribution in [0.25, 0.3) is 0 Å². The Morgan fingerprint density at radius 2 is 1.74 bits per heavy atom. The number of hydrogen-bond acceptors (Lipinski definition) is 4. The van der Waals surface area contributed by atoms with Gasteiger partial charge in [-0.05, 0) is 55.8 Å². The van der Waals surface area contributed by atoms with E-state index in [2.05, 4.69) is 0 Å². The number of nitrogens with zero attached hydrogens (tertiary/aromatic N) is 2. The van der Waals surface area contributed by atoms with Gasteiger partial charge < -0.3 is 19.3 Å². The third-order valence-corrected chi connectivity index (χ3v) is 4.88. The Balaban J connectivity index is 1.82. The van der Waals surface area contributed by atoms with Crippen LogP contribution >= 0.6 is 0 Å². The molecule has 1 saturated heterocycles. The van der Waals surface area contributed by atoms with E-state index in [1.807, 2.05) is 25.1 Å². The minimum absolute atomic E-state index is 0.119. The molecule has 1 heterocycles. The smallest absolute Gasteiger partial charge is 0.254 e. The SMILES string of the molecule is COc1ccc(C(=O)N2CCN(c3cc(C)ccc3OC)C(=O)[C@H]2C)cc1. The largest absolute Gasteiger partial charge is 0.497 e. The summed E-state index contributed by atoms with van der Waals surface area (Å²) in [6.45, 7) is 4.61. The van der Waals surface area contributed by atoms with Gasteiger partial charge in [0.25, 0.3) is 5.91 Å². The summed E-state index contributed by atoms with van der Waals surface area (Å²) < 4.78 is 10.5. The molecule has 0 aromatic heterocycles. The first kappa shape index (κ1) is 18.8. The van der Waals surface area contributed by atoms with Crippen molar-refractivity contribution in [3.05, 3.63) is 53.6 Å². The highest BCUT2D eigenvalue weighted by Crippen LogP contribution is 2.31. The van der Waals surface area contributed by atoms with Crippen molar-refractivity contribution in [3.63, 3.8) is 0 Å². The summed E-state index contributed by atoms with van der Waals surface area (Å²) >= 11 is 0. The molecule has 0 saturated carbocycles. The van der Waals surface area contributed by atoms with Crippen molar-refractivity contribution in [2.75, 3.05) is 32.2 Å². The lowest BCUT2D eigenvalue weighted by Gasteiger charge is -2.39. The van der Waals surface area contributed by atoms with E-state index in [1.54, 1.807) is 55.2 Å². The van der Waals surface area contributed by atoms with Gasteiger partial charge in [-0.15, -0.1) is 0 Å². The first-order valence-electron chi connectivity index (χ1n) is 8.87. The lowest BCUT2D eigenvalue weighted by molar-refractivity contribution is -0.124. The summed E-state index contributed by atoms with van der Waals surface area (Å²) in [5.74, 6) is 1.06. The Morgan fingerprint density at radius 3 is 2.37 bits per heavy atom. The fraction of sp³-hybridized carbons (Fsp3) is 0.333. The van der Waals surface area contributed by atoms with Crippen LogP contribution in [-0.2, 0) is 4.79 Å². The Kier molecular flexibility index (Phi) is 5.35. The van der Waals surface area contributed by atoms with Crippen LogP contribution in [0, 0.1) is 6.92 Å². The van der Waals surface area contributed by atoms with Crippen LogP contribution in [0.5, 0.6) is 11.5 Å². The lowest BCUT2D eigenvalue weighted by Crippen LogP contribution is -2.57. The third-order valence-electron chi connectivity index (χ3n) is 4.88. The molecule has 6 heteroatoms. The number of carbonyl (C=O) groups excluding carboxylic acids is 2. The van der Waals surface area contributed by atoms with Crippen LogP contribution < -0.4 is 14.4 Å². The normalized spacial score (nSPS) is 17.0. The summed E-state index contributed by atoms with van der Waals surface area (Å²) in [6.07, 6.45) is 0. The lowest BCUT2D eigenvalue weighted by atomic mass is 10.1. The Bertz CT molecular complexity index is 848. The molecule has 2 aromatic rings. The monoisotopic (exact) mass is 368 g/mol. The molecule has 27 heavy (non-hydrogen) atoms. The first-order valence-corrected chi connectivity index (χ1v) is 8.87. The van der Waals surface area contributed by atoms with Crippen molar-refractivity contribution >= 4 is 17.5 Å². The van der Waals surface area contributed by atoms with E-state index < -0.39 is 6.04 Å². The summed E-state index contributed by atoms with van der Waals surface area (Å²) in [5.41, 5.74) is 2.32. The van der Waals surface area contributed by atoms with Crippen LogP contribution in [0.4, 0.5) is 5.69 Å². The van der Waals surface area contributed by atoms with E-state index in [0.29, 0.717) is 30.2 Å². The van der Waals surface area contributed by atoms with E-state index in [4.69, 9.17) is 9.47 Å². The second-order valence-electron chi connectivity index (χ2n) is 6.57. The molecule has 1 atom stereocenters. The zero-order valence-corrected chi connectivity index (χ0v) is 16.1. The van der Waals surface area contributed by atoms with Crippen molar-refractivity contribution in [1.82, 2.24) is 4.90 Å². The molecule has 2 aromatic carbocycles. The van der Waals surface area contributed by atoms with Crippen molar-refractivity contribution in [3.8, 4) is 11.5 Å². The van der Waals surface area contributed by atoms with Crippen molar-refractivity contribution < 1.29 is 19.1 Å². The molecule has 0 unspecified atom stereocenters. The quantitative estimate of drug-likeness (QED) is 0.833. The standard InChI is InChI=1S/C21H24N2O4/c1-14-5-10-19(27-4)18(13-14)23-12-11-22(15(2)20(23)24)21(25)16-6-8-17(26-3)9-7-16/h5-10,13,15H,11-12H2,1-4H3/t15-/m1/s1. The minimum Gasteiger partial charge on any atom is -0.497 e. The van der Waals surface area contributed by atoms with E-state index in [-0.39, 0.29) is 11.8 Å². The van der Waals surface area contributed by atoms with Gasteiger partial charge in [0.05, 0.1) is 19.9 Å². The van der Waals surface area contributed by atoms with Crippen LogP contribution in [0.3, 0.4) is 0 Å². The molecule has 0 spiro atoms. The molecule has 1 aliphatic rings. The molecule has 3 rings (SSSR count). The van der Waals surface area contributed by atoms with Crippen LogP contribution in [0.15, 0.2) is 42.5 Å². The number of methoxy groups -OCH3 is 2. The second kappa shape index (κ2) is 7.70. The summed E-state index contributed by atoms with van der Waals surface area (Å²) in [6, 6.07) is 12.1. The maximum atomic E-state index is 13.0. The molecule has 1 aliphatic heterocycles. The van der Waals surface area contributed by atoms with E-state index in [0.717, 1.165) is 11.3 Å². The highest BCUT2D eigenvalue weighted by atomic mass is 16.5. The number of hydrogen-bond donors (Lipinski definition) is 0. The van der Waals surface area contributed by atoms with Crippen molar-refractivity contribution in [2.45, 2.75) is 19.9 Å².